The number of nitrogens with zero attached hydrogens (tertiary/aromatic N) is 1. The number of carbonyl (C=O) groups is 2. The number of para-hydroxylation sites is 1. The summed E-state index contributed by atoms with van der Waals surface area (Å²) in [6.07, 6.45) is -6.02. The Morgan fingerprint density at radius 3 is 1.97 bits per heavy atom. The Labute approximate surface area is 181 Å². The third-order valence-electron chi connectivity index (χ3n) is 5.32. The van der Waals surface area contributed by atoms with Gasteiger partial charge in [0.15, 0.2) is 0 Å². The van der Waals surface area contributed by atoms with E-state index in [0.29, 0.717) is 4.90 Å². The molecule has 32 heavy (non-hydrogen) atoms. The topological polar surface area (TPSA) is 66.8 Å². The number of hydrogen-bond donors (Lipinski definition) is 1. The van der Waals surface area contributed by atoms with Gasteiger partial charge in [0.05, 0.1) is 11.3 Å². The number of hydrogen-bond acceptors (Lipinski definition) is 3. The summed E-state index contributed by atoms with van der Waals surface area (Å²) in [6.45, 7) is -1.86. The van der Waals surface area contributed by atoms with Gasteiger partial charge < -0.3 is 9.84 Å². The molecule has 1 aliphatic carbocycles. The van der Waals surface area contributed by atoms with Crippen LogP contribution in [0.4, 0.5) is 23.7 Å². The average molecular weight is 441 g/mol. The first-order chi connectivity index (χ1) is 15.3. The summed E-state index contributed by atoms with van der Waals surface area (Å²) in [6, 6.07) is 20.1. The third kappa shape index (κ3) is 4.16. The number of alkyl halides is 3. The first-order valence-corrected chi connectivity index (χ1v) is 9.78. The molecule has 0 spiro atoms. The SMILES string of the molecule is O=C(O)c1ccccc1N(CC(F)(F)F)C(=O)OCC1c2ccccc2-c2ccccc21. The van der Waals surface area contributed by atoms with Gasteiger partial charge in [0.1, 0.15) is 13.2 Å². The lowest BCUT2D eigenvalue weighted by molar-refractivity contribution is -0.119. The van der Waals surface area contributed by atoms with Crippen molar-refractivity contribution in [3.63, 3.8) is 0 Å². The van der Waals surface area contributed by atoms with Gasteiger partial charge in [-0.1, -0.05) is 60.7 Å². The summed E-state index contributed by atoms with van der Waals surface area (Å²) in [5.74, 6) is -1.78. The molecule has 1 N–H and O–H groups in total. The van der Waals surface area contributed by atoms with Crippen molar-refractivity contribution in [3.8, 4) is 11.1 Å². The van der Waals surface area contributed by atoms with Crippen molar-refractivity contribution in [3.05, 3.63) is 89.5 Å². The highest BCUT2D eigenvalue weighted by molar-refractivity contribution is 6.00. The van der Waals surface area contributed by atoms with E-state index in [1.807, 2.05) is 48.5 Å². The number of aromatic carboxylic acids is 1. The van der Waals surface area contributed by atoms with Gasteiger partial charge in [0.25, 0.3) is 0 Å². The molecule has 0 unspecified atom stereocenters. The molecule has 3 aromatic rings. The number of rotatable bonds is 5. The van der Waals surface area contributed by atoms with Crippen molar-refractivity contribution in [2.24, 2.45) is 0 Å². The van der Waals surface area contributed by atoms with Crippen LogP contribution in [0.25, 0.3) is 11.1 Å². The minimum absolute atomic E-state index is 0.184. The Kier molecular flexibility index (Phi) is 5.61. The highest BCUT2D eigenvalue weighted by Gasteiger charge is 2.37. The van der Waals surface area contributed by atoms with Crippen LogP contribution in [0.1, 0.15) is 27.4 Å². The molecular formula is C24H18F3NO4. The van der Waals surface area contributed by atoms with Gasteiger partial charge in [-0.25, -0.2) is 9.59 Å². The Balaban J connectivity index is 1.62. The van der Waals surface area contributed by atoms with E-state index >= 15 is 0 Å². The number of anilines is 1. The minimum atomic E-state index is -4.75. The first-order valence-electron chi connectivity index (χ1n) is 9.78. The van der Waals surface area contributed by atoms with Crippen molar-refractivity contribution >= 4 is 17.7 Å². The molecule has 4 rings (SSSR count). The standard InChI is InChI=1S/C24H18F3NO4/c25-24(26,27)14-28(21-12-6-5-11-19(21)22(29)30)23(31)32-13-20-17-9-3-1-7-15(17)16-8-2-4-10-18(16)20/h1-12,20H,13-14H2,(H,29,30). The fourth-order valence-electron chi connectivity index (χ4n) is 3.99. The van der Waals surface area contributed by atoms with Crippen LogP contribution < -0.4 is 4.90 Å². The molecule has 0 fully saturated rings. The minimum Gasteiger partial charge on any atom is -0.478 e. The van der Waals surface area contributed by atoms with Crippen molar-refractivity contribution in [2.75, 3.05) is 18.1 Å². The largest absolute Gasteiger partial charge is 0.478 e. The van der Waals surface area contributed by atoms with Gasteiger partial charge in [0, 0.05) is 5.92 Å². The number of carboxylic acid groups (broad SMARTS) is 1. The van der Waals surface area contributed by atoms with Gasteiger partial charge in [-0.05, 0) is 34.4 Å². The summed E-state index contributed by atoms with van der Waals surface area (Å²) in [4.78, 5) is 24.6. The van der Waals surface area contributed by atoms with Gasteiger partial charge in [-0.3, -0.25) is 4.90 Å². The second-order valence-electron chi connectivity index (χ2n) is 7.33. The molecule has 0 radical (unpaired) electrons. The zero-order valence-electron chi connectivity index (χ0n) is 16.7. The Hall–Kier alpha value is -3.81. The fourth-order valence-corrected chi connectivity index (χ4v) is 3.99. The Morgan fingerprint density at radius 2 is 1.41 bits per heavy atom. The zero-order chi connectivity index (χ0) is 22.9. The monoisotopic (exact) mass is 441 g/mol. The lowest BCUT2D eigenvalue weighted by Crippen LogP contribution is -2.40. The molecule has 1 amide bonds. The number of carbonyl (C=O) groups excluding carboxylic acids is 1. The van der Waals surface area contributed by atoms with Crippen LogP contribution in [-0.2, 0) is 4.74 Å². The van der Waals surface area contributed by atoms with E-state index in [0.717, 1.165) is 34.4 Å². The summed E-state index contributed by atoms with van der Waals surface area (Å²) >= 11 is 0. The van der Waals surface area contributed by atoms with Crippen LogP contribution >= 0.6 is 0 Å². The Morgan fingerprint density at radius 1 is 0.875 bits per heavy atom. The summed E-state index contributed by atoms with van der Waals surface area (Å²) in [7, 11) is 0. The first kappa shape index (κ1) is 21.4. The van der Waals surface area contributed by atoms with E-state index in [2.05, 4.69) is 0 Å². The van der Waals surface area contributed by atoms with E-state index in [9.17, 15) is 27.9 Å². The van der Waals surface area contributed by atoms with Crippen LogP contribution in [0, 0.1) is 0 Å². The predicted molar refractivity (Wildman–Crippen MR) is 112 cm³/mol. The van der Waals surface area contributed by atoms with Gasteiger partial charge in [0.2, 0.25) is 0 Å². The number of halogens is 3. The number of carboxylic acids is 1. The molecule has 164 valence electrons. The lowest BCUT2D eigenvalue weighted by Gasteiger charge is -2.25. The third-order valence-corrected chi connectivity index (χ3v) is 5.32. The van der Waals surface area contributed by atoms with E-state index in [1.165, 1.54) is 12.1 Å². The maximum Gasteiger partial charge on any atom is 0.414 e. The summed E-state index contributed by atoms with van der Waals surface area (Å²) < 4.78 is 45.0. The van der Waals surface area contributed by atoms with Gasteiger partial charge in [-0.2, -0.15) is 13.2 Å². The van der Waals surface area contributed by atoms with Gasteiger partial charge >= 0.3 is 18.2 Å². The fraction of sp³-hybridized carbons (Fsp3) is 0.167. The lowest BCUT2D eigenvalue weighted by atomic mass is 9.98. The summed E-state index contributed by atoms with van der Waals surface area (Å²) in [5, 5.41) is 9.36. The molecular weight excluding hydrogens is 423 g/mol. The molecule has 0 saturated carbocycles. The highest BCUT2D eigenvalue weighted by atomic mass is 19.4. The van der Waals surface area contributed by atoms with Crippen molar-refractivity contribution in [2.45, 2.75) is 12.1 Å². The van der Waals surface area contributed by atoms with Crippen LogP contribution in [0.5, 0.6) is 0 Å². The molecule has 0 aliphatic heterocycles. The number of amides is 1. The molecule has 5 nitrogen and oxygen atoms in total. The maximum atomic E-state index is 13.2. The van der Waals surface area contributed by atoms with Gasteiger partial charge in [-0.15, -0.1) is 0 Å². The van der Waals surface area contributed by atoms with E-state index in [-0.39, 0.29) is 18.2 Å². The molecule has 0 atom stereocenters. The smallest absolute Gasteiger partial charge is 0.414 e. The average Bonchev–Trinajstić information content (AvgIpc) is 3.09. The molecule has 0 bridgehead atoms. The van der Waals surface area contributed by atoms with Crippen molar-refractivity contribution in [1.29, 1.82) is 0 Å². The predicted octanol–water partition coefficient (Wildman–Crippen LogP) is 5.70. The summed E-state index contributed by atoms with van der Waals surface area (Å²) in [5.41, 5.74) is 2.98. The van der Waals surface area contributed by atoms with Crippen molar-refractivity contribution in [1.82, 2.24) is 0 Å². The highest BCUT2D eigenvalue weighted by Crippen LogP contribution is 2.44. The van der Waals surface area contributed by atoms with E-state index in [1.54, 1.807) is 0 Å². The number of fused-ring (bicyclic) bond motifs is 3. The molecule has 3 aromatic carbocycles. The number of benzene rings is 3. The molecule has 8 heteroatoms. The van der Waals surface area contributed by atoms with Crippen molar-refractivity contribution < 1.29 is 32.6 Å². The Bertz CT molecular complexity index is 1130. The molecule has 1 aliphatic rings. The quantitative estimate of drug-likeness (QED) is 0.551. The van der Waals surface area contributed by atoms with Crippen LogP contribution in [0.15, 0.2) is 72.8 Å². The molecule has 0 aromatic heterocycles. The number of ether oxygens (including phenoxy) is 1. The van der Waals surface area contributed by atoms with E-state index in [4.69, 9.17) is 4.74 Å². The second kappa shape index (κ2) is 8.37. The van der Waals surface area contributed by atoms with Crippen LogP contribution in [0.3, 0.4) is 0 Å². The molecule has 0 saturated heterocycles. The molecule has 0 heterocycles. The second-order valence-corrected chi connectivity index (χ2v) is 7.33. The normalized spacial score (nSPS) is 12.7. The maximum absolute atomic E-state index is 13.2. The van der Waals surface area contributed by atoms with E-state index < -0.39 is 30.3 Å². The zero-order valence-corrected chi connectivity index (χ0v) is 16.7. The van der Waals surface area contributed by atoms with Crippen LogP contribution in [-0.4, -0.2) is 36.5 Å². The van der Waals surface area contributed by atoms with Crippen LogP contribution in [0.2, 0.25) is 0 Å².